The third-order valence-electron chi connectivity index (χ3n) is 2.52. The molecule has 2 rings (SSSR count). The molecule has 0 fully saturated rings. The minimum absolute atomic E-state index is 0.108. The van der Waals surface area contributed by atoms with Gasteiger partial charge in [-0.3, -0.25) is 10.1 Å². The van der Waals surface area contributed by atoms with Gasteiger partial charge in [-0.15, -0.1) is 0 Å². The summed E-state index contributed by atoms with van der Waals surface area (Å²) >= 11 is 0. The molecule has 0 unspecified atom stereocenters. The summed E-state index contributed by atoms with van der Waals surface area (Å²) in [5.74, 6) is -0.498. The quantitative estimate of drug-likeness (QED) is 0.641. The average Bonchev–Trinajstić information content (AvgIpc) is 2.39. The summed E-state index contributed by atoms with van der Waals surface area (Å²) in [5.41, 5.74) is 6.70. The highest BCUT2D eigenvalue weighted by Crippen LogP contribution is 2.19. The van der Waals surface area contributed by atoms with Gasteiger partial charge in [0, 0.05) is 23.9 Å². The van der Waals surface area contributed by atoms with Crippen molar-refractivity contribution in [1.29, 1.82) is 0 Å². The van der Waals surface area contributed by atoms with E-state index >= 15 is 0 Å². The van der Waals surface area contributed by atoms with Crippen LogP contribution in [0.1, 0.15) is 5.56 Å². The molecular formula is C13H12FN3O2. The first-order valence-corrected chi connectivity index (χ1v) is 5.63. The van der Waals surface area contributed by atoms with Gasteiger partial charge in [0.1, 0.15) is 5.82 Å². The third kappa shape index (κ3) is 3.49. The Balaban J connectivity index is 2.03. The predicted molar refractivity (Wildman–Crippen MR) is 70.0 cm³/mol. The van der Waals surface area contributed by atoms with Crippen molar-refractivity contribution >= 4 is 11.4 Å². The fraction of sp³-hybridized carbons (Fsp3) is 0.0769. The topological polar surface area (TPSA) is 67.2 Å². The summed E-state index contributed by atoms with van der Waals surface area (Å²) in [5, 5.41) is 10.8. The van der Waals surface area contributed by atoms with Crippen LogP contribution in [0.5, 0.6) is 0 Å². The van der Waals surface area contributed by atoms with Crippen molar-refractivity contribution in [3.05, 3.63) is 70.0 Å². The Hall–Kier alpha value is -2.47. The summed E-state index contributed by atoms with van der Waals surface area (Å²) in [6, 6.07) is 12.7. The van der Waals surface area contributed by atoms with Crippen LogP contribution >= 0.6 is 0 Å². The van der Waals surface area contributed by atoms with E-state index in [2.05, 4.69) is 10.9 Å². The van der Waals surface area contributed by atoms with E-state index in [9.17, 15) is 14.5 Å². The van der Waals surface area contributed by atoms with E-state index < -0.39 is 10.7 Å². The highest BCUT2D eigenvalue weighted by Gasteiger charge is 2.13. The van der Waals surface area contributed by atoms with Crippen LogP contribution in [0.15, 0.2) is 48.5 Å². The number of hydrogen-bond donors (Lipinski definition) is 2. The molecule has 98 valence electrons. The first kappa shape index (κ1) is 13.0. The van der Waals surface area contributed by atoms with E-state index in [0.29, 0.717) is 0 Å². The fourth-order valence-corrected chi connectivity index (χ4v) is 1.64. The van der Waals surface area contributed by atoms with Gasteiger partial charge in [-0.05, 0) is 24.3 Å². The lowest BCUT2D eigenvalue weighted by atomic mass is 10.2. The lowest BCUT2D eigenvalue weighted by Crippen LogP contribution is -2.21. The molecule has 0 bridgehead atoms. The first-order valence-electron chi connectivity index (χ1n) is 5.63. The molecule has 0 heterocycles. The number of hydrogen-bond acceptors (Lipinski definition) is 4. The standard InChI is InChI=1S/C13H12FN3O2/c14-11-6-7-13(17(18)19)10(8-11)9-15-16-12-4-2-1-3-5-12/h1-8,15-16H,9H2. The fourth-order valence-electron chi connectivity index (χ4n) is 1.64. The van der Waals surface area contributed by atoms with Crippen molar-refractivity contribution in [2.24, 2.45) is 0 Å². The maximum absolute atomic E-state index is 13.1. The highest BCUT2D eigenvalue weighted by molar-refractivity contribution is 5.43. The van der Waals surface area contributed by atoms with Gasteiger partial charge in [-0.2, -0.15) is 0 Å². The van der Waals surface area contributed by atoms with E-state index in [4.69, 9.17) is 0 Å². The first-order chi connectivity index (χ1) is 9.16. The zero-order valence-corrected chi connectivity index (χ0v) is 9.97. The lowest BCUT2D eigenvalue weighted by Gasteiger charge is -2.08. The Kier molecular flexibility index (Phi) is 4.04. The normalized spacial score (nSPS) is 10.2. The zero-order valence-electron chi connectivity index (χ0n) is 9.97. The molecule has 6 heteroatoms. The predicted octanol–water partition coefficient (Wildman–Crippen LogP) is 2.85. The largest absolute Gasteiger partial charge is 0.321 e. The summed E-state index contributed by atoms with van der Waals surface area (Å²) in [7, 11) is 0. The van der Waals surface area contributed by atoms with Gasteiger partial charge >= 0.3 is 0 Å². The molecule has 2 aromatic carbocycles. The van der Waals surface area contributed by atoms with Crippen LogP contribution < -0.4 is 10.9 Å². The van der Waals surface area contributed by atoms with Gasteiger partial charge in [0.05, 0.1) is 4.92 Å². The van der Waals surface area contributed by atoms with Gasteiger partial charge in [0.2, 0.25) is 0 Å². The smallest absolute Gasteiger partial charge is 0.274 e. The van der Waals surface area contributed by atoms with Crippen LogP contribution in [-0.2, 0) is 6.54 Å². The summed E-state index contributed by atoms with van der Waals surface area (Å²) in [4.78, 5) is 10.3. The van der Waals surface area contributed by atoms with Crippen molar-refractivity contribution in [3.63, 3.8) is 0 Å². The van der Waals surface area contributed by atoms with Crippen molar-refractivity contribution in [2.45, 2.75) is 6.54 Å². The molecule has 0 aliphatic rings. The number of nitrogens with zero attached hydrogens (tertiary/aromatic N) is 1. The van der Waals surface area contributed by atoms with Crippen molar-refractivity contribution in [2.75, 3.05) is 5.43 Å². The third-order valence-corrected chi connectivity index (χ3v) is 2.52. The van der Waals surface area contributed by atoms with Crippen LogP contribution in [0.4, 0.5) is 15.8 Å². The van der Waals surface area contributed by atoms with Gasteiger partial charge < -0.3 is 5.43 Å². The average molecular weight is 261 g/mol. The van der Waals surface area contributed by atoms with Crippen LogP contribution in [0, 0.1) is 15.9 Å². The van der Waals surface area contributed by atoms with E-state index in [-0.39, 0.29) is 17.8 Å². The Bertz CT molecular complexity index is 575. The van der Waals surface area contributed by atoms with Gasteiger partial charge in [0.25, 0.3) is 5.69 Å². The number of benzene rings is 2. The molecule has 0 aliphatic carbocycles. The summed E-state index contributed by atoms with van der Waals surface area (Å²) in [6.07, 6.45) is 0. The van der Waals surface area contributed by atoms with Crippen molar-refractivity contribution < 1.29 is 9.31 Å². The lowest BCUT2D eigenvalue weighted by molar-refractivity contribution is -0.385. The second-order valence-electron chi connectivity index (χ2n) is 3.87. The minimum atomic E-state index is -0.529. The zero-order chi connectivity index (χ0) is 13.7. The molecule has 0 saturated carbocycles. The van der Waals surface area contributed by atoms with E-state index in [1.54, 1.807) is 0 Å². The van der Waals surface area contributed by atoms with Crippen LogP contribution in [0.25, 0.3) is 0 Å². The molecule has 19 heavy (non-hydrogen) atoms. The molecule has 0 amide bonds. The molecule has 0 saturated heterocycles. The molecule has 0 atom stereocenters. The van der Waals surface area contributed by atoms with E-state index in [0.717, 1.165) is 23.9 Å². The van der Waals surface area contributed by atoms with Gasteiger partial charge in [0.15, 0.2) is 0 Å². The molecule has 0 aromatic heterocycles. The number of hydrazine groups is 1. The molecule has 0 aliphatic heterocycles. The molecular weight excluding hydrogens is 249 g/mol. The van der Waals surface area contributed by atoms with E-state index in [1.807, 2.05) is 30.3 Å². The molecule has 0 spiro atoms. The Labute approximate surface area is 109 Å². The number of nitro groups is 1. The monoisotopic (exact) mass is 261 g/mol. The summed E-state index contributed by atoms with van der Waals surface area (Å²) < 4.78 is 13.1. The van der Waals surface area contributed by atoms with Gasteiger partial charge in [-0.1, -0.05) is 18.2 Å². The second-order valence-corrected chi connectivity index (χ2v) is 3.87. The molecule has 5 nitrogen and oxygen atoms in total. The molecule has 0 radical (unpaired) electrons. The summed E-state index contributed by atoms with van der Waals surface area (Å²) in [6.45, 7) is 0.142. The second kappa shape index (κ2) is 5.92. The number of rotatable bonds is 5. The Morgan fingerprint density at radius 3 is 2.58 bits per heavy atom. The maximum atomic E-state index is 13.1. The van der Waals surface area contributed by atoms with E-state index in [1.165, 1.54) is 0 Å². The highest BCUT2D eigenvalue weighted by atomic mass is 19.1. The number of halogens is 1. The Morgan fingerprint density at radius 1 is 1.16 bits per heavy atom. The van der Waals surface area contributed by atoms with Crippen LogP contribution in [0.3, 0.4) is 0 Å². The number of nitro benzene ring substituents is 1. The van der Waals surface area contributed by atoms with Gasteiger partial charge in [-0.25, -0.2) is 9.82 Å². The van der Waals surface area contributed by atoms with Crippen molar-refractivity contribution in [3.8, 4) is 0 Å². The SMILES string of the molecule is O=[N+]([O-])c1ccc(F)cc1CNNc1ccccc1. The van der Waals surface area contributed by atoms with Crippen molar-refractivity contribution in [1.82, 2.24) is 5.43 Å². The minimum Gasteiger partial charge on any atom is -0.321 e. The van der Waals surface area contributed by atoms with Crippen LogP contribution in [-0.4, -0.2) is 4.92 Å². The number of para-hydroxylation sites is 1. The maximum Gasteiger partial charge on any atom is 0.274 e. The van der Waals surface area contributed by atoms with Crippen LogP contribution in [0.2, 0.25) is 0 Å². The molecule has 2 N–H and O–H groups in total. The Morgan fingerprint density at radius 2 is 1.89 bits per heavy atom. The molecule has 2 aromatic rings. The number of nitrogens with one attached hydrogen (secondary N) is 2. The number of anilines is 1.